The lowest BCUT2D eigenvalue weighted by molar-refractivity contribution is -0.163. The molecule has 0 radical (unpaired) electrons. The van der Waals surface area contributed by atoms with E-state index in [9.17, 15) is 9.59 Å². The highest BCUT2D eigenvalue weighted by molar-refractivity contribution is 5.70. The van der Waals surface area contributed by atoms with E-state index < -0.39 is 6.10 Å². The Kier molecular flexibility index (Phi) is 51.4. The van der Waals surface area contributed by atoms with Gasteiger partial charge in [0.15, 0.2) is 6.10 Å². The minimum atomic E-state index is -0.536. The number of carbonyl (C=O) groups is 2. The Balaban J connectivity index is 4.15. The second kappa shape index (κ2) is 53.2. The van der Waals surface area contributed by atoms with Crippen LogP contribution in [0.3, 0.4) is 0 Å². The van der Waals surface area contributed by atoms with Crippen LogP contribution in [0.4, 0.5) is 0 Å². The molecule has 0 spiro atoms. The van der Waals surface area contributed by atoms with Crippen LogP contribution in [0.1, 0.15) is 278 Å². The number of allylic oxidation sites excluding steroid dienone is 8. The SMILES string of the molecule is CC/C=C\C/C=C\C/C=C\C/C=C\CCCCCCCCCOCC(COC(=O)CCCCCCCCCCCCCCCCCCC)OC(=O)CCCCCCCCCCC. The zero-order chi connectivity index (χ0) is 44.9. The Hall–Kier alpha value is -2.14. The molecule has 0 saturated carbocycles. The fourth-order valence-corrected chi connectivity index (χ4v) is 7.86. The largest absolute Gasteiger partial charge is 0.462 e. The fraction of sp³-hybridized carbons (Fsp3) is 0.825. The van der Waals surface area contributed by atoms with Crippen molar-refractivity contribution in [2.45, 2.75) is 284 Å². The van der Waals surface area contributed by atoms with E-state index >= 15 is 0 Å². The van der Waals surface area contributed by atoms with Gasteiger partial charge in [-0.2, -0.15) is 0 Å². The second-order valence-corrected chi connectivity index (χ2v) is 18.1. The zero-order valence-electron chi connectivity index (χ0n) is 41.6. The van der Waals surface area contributed by atoms with Crippen molar-refractivity contribution in [2.75, 3.05) is 19.8 Å². The first-order valence-electron chi connectivity index (χ1n) is 27.2. The molecule has 0 saturated heterocycles. The number of hydrogen-bond acceptors (Lipinski definition) is 5. The van der Waals surface area contributed by atoms with E-state index in [1.54, 1.807) is 0 Å². The predicted octanol–water partition coefficient (Wildman–Crippen LogP) is 18.3. The Morgan fingerprint density at radius 3 is 1.16 bits per heavy atom. The Labute approximate surface area is 386 Å². The summed E-state index contributed by atoms with van der Waals surface area (Å²) in [5.41, 5.74) is 0. The molecule has 0 aromatic carbocycles. The summed E-state index contributed by atoms with van der Waals surface area (Å²) in [6.45, 7) is 7.72. The Bertz CT molecular complexity index is 1030. The van der Waals surface area contributed by atoms with Crippen LogP contribution in [-0.4, -0.2) is 37.9 Å². The molecule has 5 heteroatoms. The topological polar surface area (TPSA) is 61.8 Å². The molecule has 362 valence electrons. The molecule has 0 aliphatic rings. The molecule has 0 aliphatic carbocycles. The van der Waals surface area contributed by atoms with Crippen molar-refractivity contribution in [3.8, 4) is 0 Å². The van der Waals surface area contributed by atoms with E-state index in [2.05, 4.69) is 69.4 Å². The van der Waals surface area contributed by atoms with E-state index in [1.807, 2.05) is 0 Å². The van der Waals surface area contributed by atoms with Gasteiger partial charge in [-0.05, 0) is 57.8 Å². The van der Waals surface area contributed by atoms with Gasteiger partial charge in [-0.1, -0.05) is 256 Å². The summed E-state index contributed by atoms with van der Waals surface area (Å²) in [7, 11) is 0. The Morgan fingerprint density at radius 1 is 0.371 bits per heavy atom. The van der Waals surface area contributed by atoms with E-state index in [0.717, 1.165) is 64.2 Å². The average molecular weight is 869 g/mol. The minimum Gasteiger partial charge on any atom is -0.462 e. The highest BCUT2D eigenvalue weighted by atomic mass is 16.6. The maximum Gasteiger partial charge on any atom is 0.306 e. The summed E-state index contributed by atoms with van der Waals surface area (Å²) < 4.78 is 17.4. The van der Waals surface area contributed by atoms with Crippen molar-refractivity contribution in [1.82, 2.24) is 0 Å². The van der Waals surface area contributed by atoms with Crippen LogP contribution in [0, 0.1) is 0 Å². The first kappa shape index (κ1) is 59.9. The third kappa shape index (κ3) is 50.5. The van der Waals surface area contributed by atoms with Crippen molar-refractivity contribution < 1.29 is 23.8 Å². The molecule has 0 aromatic heterocycles. The van der Waals surface area contributed by atoms with Gasteiger partial charge in [0, 0.05) is 19.4 Å². The van der Waals surface area contributed by atoms with Crippen LogP contribution in [-0.2, 0) is 23.8 Å². The van der Waals surface area contributed by atoms with Crippen molar-refractivity contribution in [1.29, 1.82) is 0 Å². The molecule has 5 nitrogen and oxygen atoms in total. The second-order valence-electron chi connectivity index (χ2n) is 18.1. The monoisotopic (exact) mass is 869 g/mol. The molecular formula is C57H104O5. The molecular weight excluding hydrogens is 765 g/mol. The number of hydrogen-bond donors (Lipinski definition) is 0. The van der Waals surface area contributed by atoms with Crippen LogP contribution in [0.15, 0.2) is 48.6 Å². The number of esters is 2. The number of carbonyl (C=O) groups excluding carboxylic acids is 2. The third-order valence-corrected chi connectivity index (χ3v) is 11.9. The maximum absolute atomic E-state index is 12.7. The molecule has 0 rings (SSSR count). The highest BCUT2D eigenvalue weighted by Crippen LogP contribution is 2.16. The van der Waals surface area contributed by atoms with Crippen molar-refractivity contribution in [3.63, 3.8) is 0 Å². The van der Waals surface area contributed by atoms with Gasteiger partial charge < -0.3 is 14.2 Å². The fourth-order valence-electron chi connectivity index (χ4n) is 7.86. The molecule has 0 aliphatic heterocycles. The lowest BCUT2D eigenvalue weighted by Gasteiger charge is -2.18. The van der Waals surface area contributed by atoms with Crippen molar-refractivity contribution in [3.05, 3.63) is 48.6 Å². The van der Waals surface area contributed by atoms with E-state index in [-0.39, 0.29) is 25.2 Å². The lowest BCUT2D eigenvalue weighted by atomic mass is 10.0. The van der Waals surface area contributed by atoms with Gasteiger partial charge >= 0.3 is 11.9 Å². The highest BCUT2D eigenvalue weighted by Gasteiger charge is 2.17. The number of unbranched alkanes of at least 4 members (excludes halogenated alkanes) is 31. The molecule has 0 N–H and O–H groups in total. The van der Waals surface area contributed by atoms with Crippen molar-refractivity contribution in [2.24, 2.45) is 0 Å². The third-order valence-electron chi connectivity index (χ3n) is 11.9. The van der Waals surface area contributed by atoms with Gasteiger partial charge in [-0.25, -0.2) is 0 Å². The van der Waals surface area contributed by atoms with Crippen LogP contribution in [0.2, 0.25) is 0 Å². The molecule has 0 fully saturated rings. The van der Waals surface area contributed by atoms with Crippen LogP contribution in [0.25, 0.3) is 0 Å². The molecule has 0 aromatic rings. The molecule has 0 amide bonds. The Morgan fingerprint density at radius 2 is 0.726 bits per heavy atom. The molecule has 0 heterocycles. The summed E-state index contributed by atoms with van der Waals surface area (Å²) in [4.78, 5) is 25.4. The smallest absolute Gasteiger partial charge is 0.306 e. The summed E-state index contributed by atoms with van der Waals surface area (Å²) >= 11 is 0. The quantitative estimate of drug-likeness (QED) is 0.0346. The normalized spacial score (nSPS) is 12.5. The number of rotatable bonds is 50. The van der Waals surface area contributed by atoms with Crippen LogP contribution in [0.5, 0.6) is 0 Å². The summed E-state index contributed by atoms with van der Waals surface area (Å²) in [6.07, 6.45) is 65.6. The lowest BCUT2D eigenvalue weighted by Crippen LogP contribution is -2.30. The van der Waals surface area contributed by atoms with Crippen LogP contribution < -0.4 is 0 Å². The molecule has 0 bridgehead atoms. The summed E-state index contributed by atoms with van der Waals surface area (Å²) in [6, 6.07) is 0. The van der Waals surface area contributed by atoms with Gasteiger partial charge in [0.2, 0.25) is 0 Å². The van der Waals surface area contributed by atoms with Gasteiger partial charge in [-0.3, -0.25) is 9.59 Å². The van der Waals surface area contributed by atoms with Crippen LogP contribution >= 0.6 is 0 Å². The predicted molar refractivity (Wildman–Crippen MR) is 270 cm³/mol. The van der Waals surface area contributed by atoms with E-state index in [1.165, 1.54) is 180 Å². The summed E-state index contributed by atoms with van der Waals surface area (Å²) in [5.74, 6) is -0.392. The molecule has 62 heavy (non-hydrogen) atoms. The standard InChI is InChI=1S/C57H104O5/c1-4-7-10-13-16-19-21-23-25-27-28-29-31-33-35-37-40-43-46-49-52-60-53-55(62-57(59)51-48-45-42-38-18-15-12-9-6-3)54-61-56(58)50-47-44-41-39-36-34-32-30-26-24-22-20-17-14-11-8-5-2/h7,10,16,19,23,25,28-29,55H,4-6,8-9,11-15,17-18,20-22,24,26-27,30-54H2,1-3H3/b10-7-,19-16-,25-23-,29-28-. The molecule has 1 atom stereocenters. The van der Waals surface area contributed by atoms with Gasteiger partial charge in [-0.15, -0.1) is 0 Å². The van der Waals surface area contributed by atoms with E-state index in [0.29, 0.717) is 19.4 Å². The van der Waals surface area contributed by atoms with Gasteiger partial charge in [0.05, 0.1) is 6.61 Å². The van der Waals surface area contributed by atoms with Gasteiger partial charge in [0.25, 0.3) is 0 Å². The number of ether oxygens (including phenoxy) is 3. The van der Waals surface area contributed by atoms with Crippen molar-refractivity contribution >= 4 is 11.9 Å². The molecule has 1 unspecified atom stereocenters. The van der Waals surface area contributed by atoms with Gasteiger partial charge in [0.1, 0.15) is 6.61 Å². The maximum atomic E-state index is 12.7. The first-order valence-corrected chi connectivity index (χ1v) is 27.2. The zero-order valence-corrected chi connectivity index (χ0v) is 41.6. The average Bonchev–Trinajstić information content (AvgIpc) is 3.27. The summed E-state index contributed by atoms with van der Waals surface area (Å²) in [5, 5.41) is 0. The minimum absolute atomic E-state index is 0.0855. The van der Waals surface area contributed by atoms with E-state index in [4.69, 9.17) is 14.2 Å². The first-order chi connectivity index (χ1) is 30.6.